The smallest absolute Gasteiger partial charge is 0.220 e. The van der Waals surface area contributed by atoms with Gasteiger partial charge in [-0.05, 0) is 44.9 Å². The van der Waals surface area contributed by atoms with Crippen LogP contribution in [0.2, 0.25) is 0 Å². The summed E-state index contributed by atoms with van der Waals surface area (Å²) in [6, 6.07) is -0.896. The molecule has 19 nitrogen and oxygen atoms in total. The highest BCUT2D eigenvalue weighted by atomic mass is 16.8. The van der Waals surface area contributed by atoms with E-state index in [9.17, 15) is 61.0 Å². The predicted molar refractivity (Wildman–Crippen MR) is 319 cm³/mol. The average molecular weight is 1190 g/mol. The molecule has 1 amide bonds. The monoisotopic (exact) mass is 1190 g/mol. The molecule has 3 aliphatic heterocycles. The minimum atomic E-state index is -1.97. The van der Waals surface area contributed by atoms with Crippen LogP contribution in [0.3, 0.4) is 0 Å². The van der Waals surface area contributed by atoms with Crippen LogP contribution in [-0.2, 0) is 33.2 Å². The number of allylic oxidation sites excluding steroid dienone is 6. The van der Waals surface area contributed by atoms with Gasteiger partial charge in [-0.15, -0.1) is 0 Å². The molecule has 3 fully saturated rings. The van der Waals surface area contributed by atoms with Crippen LogP contribution < -0.4 is 5.32 Å². The van der Waals surface area contributed by atoms with Crippen molar-refractivity contribution in [3.05, 3.63) is 36.5 Å². The fourth-order valence-electron chi connectivity index (χ4n) is 11.2. The largest absolute Gasteiger partial charge is 0.394 e. The minimum Gasteiger partial charge on any atom is -0.394 e. The molecule has 17 unspecified atom stereocenters. The number of amides is 1. The fraction of sp³-hybridized carbons (Fsp3) is 0.891. The highest BCUT2D eigenvalue weighted by molar-refractivity contribution is 5.76. The molecule has 0 aromatic carbocycles. The Morgan fingerprint density at radius 2 is 0.831 bits per heavy atom. The van der Waals surface area contributed by atoms with Crippen LogP contribution in [0.5, 0.6) is 0 Å². The molecule has 0 radical (unpaired) electrons. The number of nitrogens with one attached hydrogen (secondary N) is 1. The Balaban J connectivity index is 1.45. The Bertz CT molecular complexity index is 1660. The Hall–Kier alpha value is -1.99. The SMILES string of the molecule is CC/C=C\C/C=C\C/C=C\CCCCCCCC(=O)NC(COC1OC(CO)C(OC2OC(CO)C(OC3OC(CO)C(O)C(O)C3O)C(O)C2O)C(O)C1O)C(O)CCCCCCCCCCCCCCCCCCCCCCCCC. The lowest BCUT2D eigenvalue weighted by Crippen LogP contribution is -2.66. The number of aliphatic hydroxyl groups is 11. The van der Waals surface area contributed by atoms with Gasteiger partial charge < -0.3 is 89.9 Å². The summed E-state index contributed by atoms with van der Waals surface area (Å²) in [6.45, 7) is 1.68. The molecular formula is C64H117NO18. The third-order valence-electron chi connectivity index (χ3n) is 16.5. The van der Waals surface area contributed by atoms with Gasteiger partial charge in [0.2, 0.25) is 5.91 Å². The molecule has 0 aromatic rings. The number of unbranched alkanes of at least 4 members (excludes halogenated alkanes) is 27. The molecule has 0 aromatic heterocycles. The van der Waals surface area contributed by atoms with Crippen LogP contribution >= 0.6 is 0 Å². The van der Waals surface area contributed by atoms with Crippen molar-refractivity contribution in [1.82, 2.24) is 5.32 Å². The molecule has 3 rings (SSSR count). The molecule has 0 aliphatic carbocycles. The summed E-state index contributed by atoms with van der Waals surface area (Å²) < 4.78 is 34.4. The van der Waals surface area contributed by atoms with E-state index in [0.29, 0.717) is 12.8 Å². The fourth-order valence-corrected chi connectivity index (χ4v) is 11.2. The van der Waals surface area contributed by atoms with E-state index in [1.54, 1.807) is 0 Å². The van der Waals surface area contributed by atoms with Gasteiger partial charge in [0, 0.05) is 6.42 Å². The van der Waals surface area contributed by atoms with E-state index in [4.69, 9.17) is 28.4 Å². The van der Waals surface area contributed by atoms with Gasteiger partial charge >= 0.3 is 0 Å². The highest BCUT2D eigenvalue weighted by Crippen LogP contribution is 2.33. The predicted octanol–water partition coefficient (Wildman–Crippen LogP) is 7.27. The third kappa shape index (κ3) is 30.2. The summed E-state index contributed by atoms with van der Waals surface area (Å²) in [5.74, 6) is -0.259. The Labute approximate surface area is 498 Å². The number of aliphatic hydroxyl groups excluding tert-OH is 11. The van der Waals surface area contributed by atoms with Crippen molar-refractivity contribution in [3.63, 3.8) is 0 Å². The van der Waals surface area contributed by atoms with Crippen molar-refractivity contribution in [3.8, 4) is 0 Å². The van der Waals surface area contributed by atoms with Crippen molar-refractivity contribution < 1.29 is 89.4 Å². The summed E-state index contributed by atoms with van der Waals surface area (Å²) in [4.78, 5) is 13.4. The van der Waals surface area contributed by atoms with Crippen LogP contribution in [0.25, 0.3) is 0 Å². The number of hydrogen-bond acceptors (Lipinski definition) is 18. The molecule has 0 bridgehead atoms. The van der Waals surface area contributed by atoms with E-state index in [1.165, 1.54) is 122 Å². The zero-order valence-electron chi connectivity index (χ0n) is 50.9. The van der Waals surface area contributed by atoms with Crippen LogP contribution in [-0.4, -0.2) is 193 Å². The van der Waals surface area contributed by atoms with Gasteiger partial charge in [0.05, 0.1) is 38.6 Å². The normalized spacial score (nSPS) is 29.6. The molecule has 486 valence electrons. The average Bonchev–Trinajstić information content (AvgIpc) is 3.15. The zero-order valence-corrected chi connectivity index (χ0v) is 50.9. The summed E-state index contributed by atoms with van der Waals surface area (Å²) in [7, 11) is 0. The number of hydrogen-bond donors (Lipinski definition) is 12. The summed E-state index contributed by atoms with van der Waals surface area (Å²) in [5.41, 5.74) is 0. The number of carbonyl (C=O) groups is 1. The molecule has 12 N–H and O–H groups in total. The lowest BCUT2D eigenvalue weighted by molar-refractivity contribution is -0.379. The first kappa shape index (κ1) is 75.3. The van der Waals surface area contributed by atoms with Crippen molar-refractivity contribution in [2.75, 3.05) is 26.4 Å². The van der Waals surface area contributed by atoms with E-state index >= 15 is 0 Å². The highest BCUT2D eigenvalue weighted by Gasteiger charge is 2.53. The molecule has 3 aliphatic rings. The Morgan fingerprint density at radius 3 is 1.30 bits per heavy atom. The van der Waals surface area contributed by atoms with Gasteiger partial charge in [0.25, 0.3) is 0 Å². The van der Waals surface area contributed by atoms with Crippen molar-refractivity contribution in [2.45, 2.75) is 336 Å². The first-order valence-corrected chi connectivity index (χ1v) is 32.7. The van der Waals surface area contributed by atoms with Gasteiger partial charge in [-0.2, -0.15) is 0 Å². The topological polar surface area (TPSA) is 307 Å². The quantitative estimate of drug-likeness (QED) is 0.0211. The maximum atomic E-state index is 13.4. The van der Waals surface area contributed by atoms with Gasteiger partial charge in [-0.1, -0.05) is 217 Å². The molecule has 83 heavy (non-hydrogen) atoms. The summed E-state index contributed by atoms with van der Waals surface area (Å²) >= 11 is 0. The van der Waals surface area contributed by atoms with Gasteiger partial charge in [0.15, 0.2) is 18.9 Å². The molecule has 3 saturated heterocycles. The van der Waals surface area contributed by atoms with Gasteiger partial charge in [0.1, 0.15) is 73.2 Å². The minimum absolute atomic E-state index is 0.247. The van der Waals surface area contributed by atoms with Crippen molar-refractivity contribution in [2.24, 2.45) is 0 Å². The first-order valence-electron chi connectivity index (χ1n) is 32.7. The molecule has 0 spiro atoms. The van der Waals surface area contributed by atoms with Crippen LogP contribution in [0.15, 0.2) is 36.5 Å². The first-order chi connectivity index (χ1) is 40.3. The summed E-state index contributed by atoms with van der Waals surface area (Å²) in [6.07, 6.45) is 25.1. The van der Waals surface area contributed by atoms with Crippen molar-refractivity contribution >= 4 is 5.91 Å². The molecular weight excluding hydrogens is 1070 g/mol. The Kier molecular flexibility index (Phi) is 42.7. The van der Waals surface area contributed by atoms with Gasteiger partial charge in [-0.25, -0.2) is 0 Å². The lowest BCUT2D eigenvalue weighted by Gasteiger charge is -2.48. The van der Waals surface area contributed by atoms with Crippen LogP contribution in [0, 0.1) is 0 Å². The van der Waals surface area contributed by atoms with E-state index < -0.39 is 124 Å². The standard InChI is InChI=1S/C64H117NO18/c1-3-5-7-9-11-13-15-17-19-20-21-22-23-24-25-26-28-29-31-33-35-37-39-41-48(69)47(65-52(70)42-40-38-36-34-32-30-27-18-16-14-12-10-8-6-4-2)46-78-62-58(76)55(73)60(50(44-67)80-62)83-64-59(77)56(74)61(51(45-68)81-64)82-63-57(75)54(72)53(71)49(43-66)79-63/h6,8,12,14,18,27,47-51,53-64,66-69,71-77H,3-5,7,9-11,13,15-17,19-26,28-46H2,1-2H3,(H,65,70)/b8-6-,14-12-,27-18-. The van der Waals surface area contributed by atoms with Crippen LogP contribution in [0.4, 0.5) is 0 Å². The molecule has 17 atom stereocenters. The molecule has 0 saturated carbocycles. The van der Waals surface area contributed by atoms with Gasteiger partial charge in [-0.3, -0.25) is 4.79 Å². The van der Waals surface area contributed by atoms with Crippen molar-refractivity contribution in [1.29, 1.82) is 0 Å². The van der Waals surface area contributed by atoms with E-state index in [1.807, 2.05) is 0 Å². The second-order valence-corrected chi connectivity index (χ2v) is 23.6. The van der Waals surface area contributed by atoms with E-state index in [-0.39, 0.29) is 18.9 Å². The second kappa shape index (κ2) is 47.1. The van der Waals surface area contributed by atoms with E-state index in [0.717, 1.165) is 77.0 Å². The lowest BCUT2D eigenvalue weighted by atomic mass is 9.96. The number of rotatable bonds is 49. The molecule has 19 heteroatoms. The van der Waals surface area contributed by atoms with Crippen LogP contribution in [0.1, 0.15) is 232 Å². The zero-order chi connectivity index (χ0) is 60.5. The number of ether oxygens (including phenoxy) is 6. The number of carbonyl (C=O) groups excluding carboxylic acids is 1. The third-order valence-corrected chi connectivity index (χ3v) is 16.5. The molecule has 3 heterocycles. The van der Waals surface area contributed by atoms with E-state index in [2.05, 4.69) is 55.6 Å². The maximum absolute atomic E-state index is 13.4. The maximum Gasteiger partial charge on any atom is 0.220 e. The summed E-state index contributed by atoms with van der Waals surface area (Å²) in [5, 5.41) is 120. The Morgan fingerprint density at radius 1 is 0.446 bits per heavy atom. The second-order valence-electron chi connectivity index (χ2n) is 23.6.